The van der Waals surface area contributed by atoms with Gasteiger partial charge < -0.3 is 14.4 Å². The van der Waals surface area contributed by atoms with Crippen LogP contribution in [0.1, 0.15) is 19.3 Å². The molecule has 6 nitrogen and oxygen atoms in total. The number of aromatic nitrogens is 3. The van der Waals surface area contributed by atoms with Crippen molar-refractivity contribution >= 4 is 17.5 Å². The van der Waals surface area contributed by atoms with Crippen LogP contribution < -0.4 is 14.4 Å². The van der Waals surface area contributed by atoms with E-state index in [9.17, 15) is 0 Å². The fourth-order valence-electron chi connectivity index (χ4n) is 2.29. The van der Waals surface area contributed by atoms with E-state index in [1.807, 2.05) is 0 Å². The van der Waals surface area contributed by atoms with Gasteiger partial charge in [0.1, 0.15) is 0 Å². The van der Waals surface area contributed by atoms with Crippen LogP contribution in [0.3, 0.4) is 0 Å². The Balaban J connectivity index is 2.15. The normalized spacial score (nSPS) is 19.3. The Labute approximate surface area is 118 Å². The van der Waals surface area contributed by atoms with Gasteiger partial charge in [-0.3, -0.25) is 0 Å². The van der Waals surface area contributed by atoms with Crippen LogP contribution >= 0.6 is 11.6 Å². The first-order valence-corrected chi connectivity index (χ1v) is 6.95. The van der Waals surface area contributed by atoms with Gasteiger partial charge in [-0.2, -0.15) is 9.97 Å². The van der Waals surface area contributed by atoms with Crippen molar-refractivity contribution in [3.63, 3.8) is 0 Å². The molecule has 1 atom stereocenters. The molecule has 0 spiro atoms. The molecule has 0 N–H and O–H groups in total. The number of rotatable bonds is 5. The molecule has 2 heterocycles. The molecule has 1 unspecified atom stereocenters. The van der Waals surface area contributed by atoms with Gasteiger partial charge in [0.2, 0.25) is 5.95 Å². The average Bonchev–Trinajstić information content (AvgIpc) is 2.47. The highest BCUT2D eigenvalue weighted by Crippen LogP contribution is 2.24. The van der Waals surface area contributed by atoms with Gasteiger partial charge in [0.25, 0.3) is 0 Å². The molecule has 106 valence electrons. The molecule has 1 saturated heterocycles. The second kappa shape index (κ2) is 6.75. The van der Waals surface area contributed by atoms with Gasteiger partial charge in [0, 0.05) is 19.0 Å². The Morgan fingerprint density at radius 3 is 2.47 bits per heavy atom. The minimum atomic E-state index is 0.279. The van der Waals surface area contributed by atoms with Crippen LogP contribution in [0, 0.1) is 5.92 Å². The average molecular weight is 287 g/mol. The number of hydrogen-bond acceptors (Lipinski definition) is 6. The van der Waals surface area contributed by atoms with Crippen molar-refractivity contribution in [2.45, 2.75) is 19.3 Å². The van der Waals surface area contributed by atoms with Crippen LogP contribution in [0.2, 0.25) is 0 Å². The number of ether oxygens (including phenoxy) is 2. The van der Waals surface area contributed by atoms with Gasteiger partial charge in [-0.25, -0.2) is 0 Å². The van der Waals surface area contributed by atoms with Crippen LogP contribution in [0.4, 0.5) is 5.95 Å². The second-order valence-electron chi connectivity index (χ2n) is 4.54. The van der Waals surface area contributed by atoms with Crippen molar-refractivity contribution in [2.75, 3.05) is 38.1 Å². The van der Waals surface area contributed by atoms with E-state index in [2.05, 4.69) is 19.9 Å². The van der Waals surface area contributed by atoms with Crippen molar-refractivity contribution in [1.82, 2.24) is 15.0 Å². The van der Waals surface area contributed by atoms with Crippen molar-refractivity contribution in [3.8, 4) is 12.0 Å². The van der Waals surface area contributed by atoms with E-state index < -0.39 is 0 Å². The van der Waals surface area contributed by atoms with Gasteiger partial charge in [-0.05, 0) is 25.2 Å². The zero-order chi connectivity index (χ0) is 13.7. The predicted molar refractivity (Wildman–Crippen MR) is 73.2 cm³/mol. The molecule has 1 aliphatic heterocycles. The minimum Gasteiger partial charge on any atom is -0.467 e. The number of nitrogens with zero attached hydrogens (tertiary/aromatic N) is 4. The van der Waals surface area contributed by atoms with E-state index >= 15 is 0 Å². The molecule has 0 amide bonds. The first kappa shape index (κ1) is 14.1. The molecular weight excluding hydrogens is 268 g/mol. The molecule has 7 heteroatoms. The Bertz CT molecular complexity index is 394. The molecule has 0 radical (unpaired) electrons. The minimum absolute atomic E-state index is 0.279. The number of methoxy groups -OCH3 is 2. The number of piperidine rings is 1. The molecule has 0 aliphatic carbocycles. The summed E-state index contributed by atoms with van der Waals surface area (Å²) >= 11 is 5.82. The van der Waals surface area contributed by atoms with Crippen molar-refractivity contribution in [3.05, 3.63) is 0 Å². The molecular formula is C12H19ClN4O2. The monoisotopic (exact) mass is 286 g/mol. The van der Waals surface area contributed by atoms with Gasteiger partial charge in [-0.1, -0.05) is 0 Å². The Kier molecular flexibility index (Phi) is 5.01. The first-order valence-electron chi connectivity index (χ1n) is 6.41. The number of anilines is 1. The lowest BCUT2D eigenvalue weighted by Crippen LogP contribution is -2.36. The molecule has 1 fully saturated rings. The predicted octanol–water partition coefficient (Wildman–Crippen LogP) is 1.73. The molecule has 1 aliphatic rings. The van der Waals surface area contributed by atoms with Crippen LogP contribution in [0.5, 0.6) is 12.0 Å². The third-order valence-electron chi connectivity index (χ3n) is 3.27. The maximum absolute atomic E-state index is 5.82. The lowest BCUT2D eigenvalue weighted by atomic mass is 9.96. The van der Waals surface area contributed by atoms with Crippen LogP contribution in [0.15, 0.2) is 0 Å². The van der Waals surface area contributed by atoms with E-state index in [4.69, 9.17) is 21.1 Å². The van der Waals surface area contributed by atoms with Crippen molar-refractivity contribution < 1.29 is 9.47 Å². The molecule has 2 rings (SSSR count). The largest absolute Gasteiger partial charge is 0.467 e. The van der Waals surface area contributed by atoms with E-state index in [-0.39, 0.29) is 12.0 Å². The lowest BCUT2D eigenvalue weighted by Gasteiger charge is -2.32. The highest BCUT2D eigenvalue weighted by Gasteiger charge is 2.22. The summed E-state index contributed by atoms with van der Waals surface area (Å²) in [7, 11) is 3.07. The smallest absolute Gasteiger partial charge is 0.324 e. The maximum Gasteiger partial charge on any atom is 0.324 e. The van der Waals surface area contributed by atoms with Crippen LogP contribution in [0.25, 0.3) is 0 Å². The van der Waals surface area contributed by atoms with Gasteiger partial charge in [0.05, 0.1) is 14.2 Å². The summed E-state index contributed by atoms with van der Waals surface area (Å²) in [6.45, 7) is 1.86. The second-order valence-corrected chi connectivity index (χ2v) is 4.92. The molecule has 0 bridgehead atoms. The van der Waals surface area contributed by atoms with E-state index in [1.54, 1.807) is 0 Å². The summed E-state index contributed by atoms with van der Waals surface area (Å²) in [6.07, 6.45) is 3.36. The summed E-state index contributed by atoms with van der Waals surface area (Å²) in [5, 5.41) is 0. The fourth-order valence-corrected chi connectivity index (χ4v) is 2.60. The highest BCUT2D eigenvalue weighted by molar-refractivity contribution is 6.17. The molecule has 1 aromatic rings. The third-order valence-corrected chi connectivity index (χ3v) is 3.49. The first-order chi connectivity index (χ1) is 9.26. The van der Waals surface area contributed by atoms with Crippen molar-refractivity contribution in [2.24, 2.45) is 5.92 Å². The number of halogens is 1. The lowest BCUT2D eigenvalue weighted by molar-refractivity contribution is 0.336. The van der Waals surface area contributed by atoms with E-state index in [0.29, 0.717) is 17.7 Å². The summed E-state index contributed by atoms with van der Waals surface area (Å²) in [5.74, 6) is 1.91. The van der Waals surface area contributed by atoms with Crippen LogP contribution in [-0.2, 0) is 0 Å². The van der Waals surface area contributed by atoms with E-state index in [1.165, 1.54) is 20.6 Å². The van der Waals surface area contributed by atoms with Gasteiger partial charge in [-0.15, -0.1) is 16.6 Å². The Morgan fingerprint density at radius 2 is 1.89 bits per heavy atom. The third kappa shape index (κ3) is 3.59. The zero-order valence-electron chi connectivity index (χ0n) is 11.3. The number of alkyl halides is 1. The SMILES string of the molecule is COc1nc(OC)nc(N2CCCC(CCCl)C2)n1. The summed E-state index contributed by atoms with van der Waals surface area (Å²) in [5.41, 5.74) is 0. The molecule has 1 aromatic heterocycles. The summed E-state index contributed by atoms with van der Waals surface area (Å²) < 4.78 is 10.1. The topological polar surface area (TPSA) is 60.4 Å². The Hall–Kier alpha value is -1.30. The summed E-state index contributed by atoms with van der Waals surface area (Å²) in [4.78, 5) is 14.7. The van der Waals surface area contributed by atoms with Crippen molar-refractivity contribution in [1.29, 1.82) is 0 Å². The van der Waals surface area contributed by atoms with Crippen LogP contribution in [-0.4, -0.2) is 48.1 Å². The molecule has 19 heavy (non-hydrogen) atoms. The van der Waals surface area contributed by atoms with Gasteiger partial charge in [0.15, 0.2) is 0 Å². The quantitative estimate of drug-likeness (QED) is 0.769. The molecule has 0 aromatic carbocycles. The van der Waals surface area contributed by atoms with E-state index in [0.717, 1.165) is 25.9 Å². The number of hydrogen-bond donors (Lipinski definition) is 0. The standard InChI is InChI=1S/C12H19ClN4O2/c1-18-11-14-10(15-12(16-11)19-2)17-7-3-4-9(8-17)5-6-13/h9H,3-8H2,1-2H3. The highest BCUT2D eigenvalue weighted by atomic mass is 35.5. The zero-order valence-corrected chi connectivity index (χ0v) is 12.1. The molecule has 0 saturated carbocycles. The maximum atomic E-state index is 5.82. The Morgan fingerprint density at radius 1 is 1.21 bits per heavy atom. The van der Waals surface area contributed by atoms with Gasteiger partial charge >= 0.3 is 12.0 Å². The summed E-state index contributed by atoms with van der Waals surface area (Å²) in [6, 6.07) is 0.558. The fraction of sp³-hybridized carbons (Fsp3) is 0.750.